The number of nitrogens with zero attached hydrogens (tertiary/aromatic N) is 1. The van der Waals surface area contributed by atoms with E-state index < -0.39 is 11.7 Å². The van der Waals surface area contributed by atoms with Crippen LogP contribution in [0.25, 0.3) is 11.4 Å². The van der Waals surface area contributed by atoms with Gasteiger partial charge in [-0.15, -0.1) is 0 Å². The van der Waals surface area contributed by atoms with Crippen LogP contribution < -0.4 is 9.61 Å². The zero-order valence-corrected chi connectivity index (χ0v) is 14.0. The Morgan fingerprint density at radius 3 is 2.64 bits per heavy atom. The van der Waals surface area contributed by atoms with Crippen molar-refractivity contribution in [3.63, 3.8) is 0 Å². The van der Waals surface area contributed by atoms with E-state index in [2.05, 4.69) is 9.36 Å². The highest BCUT2D eigenvalue weighted by atomic mass is 35.5. The smallest absolute Gasteiger partial charge is 0.416 e. The lowest BCUT2D eigenvalue weighted by Crippen LogP contribution is -2.05. The van der Waals surface area contributed by atoms with Gasteiger partial charge in [-0.3, -0.25) is 9.78 Å². The normalized spacial score (nSPS) is 11.5. The first-order valence-corrected chi connectivity index (χ1v) is 8.13. The maximum absolute atomic E-state index is 12.6. The summed E-state index contributed by atoms with van der Waals surface area (Å²) >= 11 is 6.68. The highest BCUT2D eigenvalue weighted by Crippen LogP contribution is 2.35. The number of aromatic nitrogens is 2. The number of H-pyrrole nitrogens is 1. The fourth-order valence-electron chi connectivity index (χ4n) is 2.12. The summed E-state index contributed by atoms with van der Waals surface area (Å²) in [7, 11) is 0. The molecule has 3 aromatic rings. The molecule has 0 amide bonds. The van der Waals surface area contributed by atoms with Crippen LogP contribution in [-0.2, 0) is 12.8 Å². The van der Waals surface area contributed by atoms with Crippen LogP contribution in [0, 0.1) is 0 Å². The molecule has 2 aromatic carbocycles. The molecule has 0 radical (unpaired) electrons. The van der Waals surface area contributed by atoms with Gasteiger partial charge in [0.25, 0.3) is 0 Å². The van der Waals surface area contributed by atoms with Gasteiger partial charge >= 0.3 is 11.0 Å². The Kier molecular flexibility index (Phi) is 4.82. The minimum Gasteiger partial charge on any atom is -0.487 e. The van der Waals surface area contributed by atoms with E-state index in [-0.39, 0.29) is 22.3 Å². The maximum Gasteiger partial charge on any atom is 0.416 e. The Hall–Kier alpha value is -2.32. The molecule has 4 nitrogen and oxygen atoms in total. The van der Waals surface area contributed by atoms with Crippen molar-refractivity contribution in [2.45, 2.75) is 12.8 Å². The number of aromatic amines is 1. The molecule has 0 fully saturated rings. The molecular formula is C16H10ClF3N2O2S. The van der Waals surface area contributed by atoms with E-state index in [1.807, 2.05) is 0 Å². The maximum atomic E-state index is 12.6. The molecule has 0 saturated heterocycles. The Morgan fingerprint density at radius 2 is 2.00 bits per heavy atom. The summed E-state index contributed by atoms with van der Waals surface area (Å²) in [4.78, 5) is 13.5. The summed E-state index contributed by atoms with van der Waals surface area (Å²) in [5.74, 6) is 0.603. The van der Waals surface area contributed by atoms with Crippen LogP contribution in [0.15, 0.2) is 47.3 Å². The molecule has 0 spiro atoms. The average molecular weight is 387 g/mol. The van der Waals surface area contributed by atoms with Gasteiger partial charge in [0.05, 0.1) is 10.6 Å². The van der Waals surface area contributed by atoms with Crippen LogP contribution in [0.3, 0.4) is 0 Å². The third-order valence-corrected chi connectivity index (χ3v) is 4.13. The van der Waals surface area contributed by atoms with Gasteiger partial charge in [0, 0.05) is 17.1 Å². The summed E-state index contributed by atoms with van der Waals surface area (Å²) in [6, 6.07) is 10.0. The lowest BCUT2D eigenvalue weighted by molar-refractivity contribution is -0.137. The molecule has 0 bridgehead atoms. The van der Waals surface area contributed by atoms with Gasteiger partial charge in [0.1, 0.15) is 12.4 Å². The number of nitrogens with one attached hydrogen (secondary N) is 1. The summed E-state index contributed by atoms with van der Waals surface area (Å²) < 4.78 is 47.4. The van der Waals surface area contributed by atoms with Crippen molar-refractivity contribution in [3.05, 3.63) is 68.3 Å². The first-order chi connectivity index (χ1) is 11.8. The van der Waals surface area contributed by atoms with Crippen LogP contribution in [0.5, 0.6) is 5.75 Å². The van der Waals surface area contributed by atoms with Gasteiger partial charge < -0.3 is 4.74 Å². The molecule has 0 aliphatic carbocycles. The molecule has 1 heterocycles. The van der Waals surface area contributed by atoms with E-state index in [4.69, 9.17) is 16.3 Å². The number of halogens is 4. The molecule has 1 aromatic heterocycles. The van der Waals surface area contributed by atoms with Crippen molar-refractivity contribution >= 4 is 23.1 Å². The molecule has 3 rings (SSSR count). The summed E-state index contributed by atoms with van der Waals surface area (Å²) in [6.45, 7) is 0.104. The second-order valence-corrected chi connectivity index (χ2v) is 6.22. The topological polar surface area (TPSA) is 55.0 Å². The highest BCUT2D eigenvalue weighted by molar-refractivity contribution is 7.03. The minimum absolute atomic E-state index is 0.104. The van der Waals surface area contributed by atoms with E-state index in [0.717, 1.165) is 29.2 Å². The van der Waals surface area contributed by atoms with Crippen molar-refractivity contribution in [1.29, 1.82) is 0 Å². The SMILES string of the molecule is O=c1[nH]c(-c2cccc(COc3ccc(C(F)(F)F)cc3Cl)c2)ns1. The van der Waals surface area contributed by atoms with E-state index in [0.29, 0.717) is 11.4 Å². The summed E-state index contributed by atoms with van der Waals surface area (Å²) in [5, 5.41) is -0.116. The van der Waals surface area contributed by atoms with Crippen LogP contribution in [0.2, 0.25) is 5.02 Å². The largest absolute Gasteiger partial charge is 0.487 e. The van der Waals surface area contributed by atoms with Gasteiger partial charge in [-0.1, -0.05) is 29.8 Å². The molecule has 0 aliphatic rings. The Bertz CT molecular complexity index is 953. The van der Waals surface area contributed by atoms with Crippen LogP contribution in [0.4, 0.5) is 13.2 Å². The Labute approximate surface area is 149 Å². The van der Waals surface area contributed by atoms with Gasteiger partial charge in [0.15, 0.2) is 5.82 Å². The van der Waals surface area contributed by atoms with E-state index in [1.165, 1.54) is 6.07 Å². The lowest BCUT2D eigenvalue weighted by atomic mass is 10.1. The Balaban J connectivity index is 1.75. The third-order valence-electron chi connectivity index (χ3n) is 3.29. The summed E-state index contributed by atoms with van der Waals surface area (Å²) in [6.07, 6.45) is -4.46. The number of rotatable bonds is 4. The predicted molar refractivity (Wildman–Crippen MR) is 89.0 cm³/mol. The third kappa shape index (κ3) is 4.21. The van der Waals surface area contributed by atoms with Crippen molar-refractivity contribution in [2.24, 2.45) is 0 Å². The minimum atomic E-state index is -4.46. The van der Waals surface area contributed by atoms with Crippen molar-refractivity contribution < 1.29 is 17.9 Å². The number of hydrogen-bond acceptors (Lipinski definition) is 4. The predicted octanol–water partition coefficient (Wildman–Crippen LogP) is 4.75. The fraction of sp³-hybridized carbons (Fsp3) is 0.125. The first-order valence-electron chi connectivity index (χ1n) is 6.98. The highest BCUT2D eigenvalue weighted by Gasteiger charge is 2.31. The molecule has 0 atom stereocenters. The Morgan fingerprint density at radius 1 is 1.20 bits per heavy atom. The van der Waals surface area contributed by atoms with E-state index in [9.17, 15) is 18.0 Å². The van der Waals surface area contributed by atoms with Crippen molar-refractivity contribution in [3.8, 4) is 17.1 Å². The van der Waals surface area contributed by atoms with Crippen LogP contribution >= 0.6 is 23.1 Å². The van der Waals surface area contributed by atoms with E-state index in [1.54, 1.807) is 24.3 Å². The quantitative estimate of drug-likeness (QED) is 0.704. The molecule has 0 saturated carbocycles. The van der Waals surface area contributed by atoms with Crippen molar-refractivity contribution in [2.75, 3.05) is 0 Å². The monoisotopic (exact) mass is 386 g/mol. The molecular weight excluding hydrogens is 377 g/mol. The average Bonchev–Trinajstić information content (AvgIpc) is 2.99. The van der Waals surface area contributed by atoms with Crippen molar-refractivity contribution in [1.82, 2.24) is 9.36 Å². The zero-order valence-electron chi connectivity index (χ0n) is 12.4. The molecule has 0 unspecified atom stereocenters. The second-order valence-electron chi connectivity index (χ2n) is 5.08. The molecule has 25 heavy (non-hydrogen) atoms. The summed E-state index contributed by atoms with van der Waals surface area (Å²) in [5.41, 5.74) is 0.625. The standard InChI is InChI=1S/C16H10ClF3N2O2S/c17-12-7-11(16(18,19)20)4-5-13(12)24-8-9-2-1-3-10(6-9)14-21-15(23)25-22-14/h1-7H,8H2,(H,21,22,23). The zero-order chi connectivity index (χ0) is 18.0. The fourth-order valence-corrected chi connectivity index (χ4v) is 2.82. The van der Waals surface area contributed by atoms with Crippen LogP contribution in [0.1, 0.15) is 11.1 Å². The van der Waals surface area contributed by atoms with Gasteiger partial charge in [-0.05, 0) is 29.8 Å². The molecule has 9 heteroatoms. The second kappa shape index (κ2) is 6.89. The van der Waals surface area contributed by atoms with Gasteiger partial charge in [-0.25, -0.2) is 0 Å². The molecule has 0 aliphatic heterocycles. The lowest BCUT2D eigenvalue weighted by Gasteiger charge is -2.11. The number of alkyl halides is 3. The molecule has 130 valence electrons. The van der Waals surface area contributed by atoms with E-state index >= 15 is 0 Å². The van der Waals surface area contributed by atoms with Crippen LogP contribution in [-0.4, -0.2) is 9.36 Å². The number of benzene rings is 2. The van der Waals surface area contributed by atoms with Gasteiger partial charge in [-0.2, -0.15) is 17.5 Å². The molecule has 1 N–H and O–H groups in total. The number of ether oxygens (including phenoxy) is 1. The first kappa shape index (κ1) is 17.5. The number of hydrogen-bond donors (Lipinski definition) is 1. The van der Waals surface area contributed by atoms with Gasteiger partial charge in [0.2, 0.25) is 0 Å².